The van der Waals surface area contributed by atoms with E-state index in [1.165, 1.54) is 0 Å². The normalized spacial score (nSPS) is 11.0. The highest BCUT2D eigenvalue weighted by atomic mass is 35.5. The van der Waals surface area contributed by atoms with Crippen LogP contribution in [0.25, 0.3) is 0 Å². The van der Waals surface area contributed by atoms with Crippen molar-refractivity contribution in [2.24, 2.45) is 5.41 Å². The number of nitrogens with zero attached hydrogens (tertiary/aromatic N) is 2. The van der Waals surface area contributed by atoms with Gasteiger partial charge in [0.1, 0.15) is 11.0 Å². The Hall–Kier alpha value is -2.67. The second-order valence-electron chi connectivity index (χ2n) is 6.59. The van der Waals surface area contributed by atoms with Crippen LogP contribution in [0.5, 0.6) is 0 Å². The molecule has 0 spiro atoms. The minimum atomic E-state index is -0.389. The average molecular weight is 363 g/mol. The van der Waals surface area contributed by atoms with E-state index >= 15 is 0 Å². The van der Waals surface area contributed by atoms with Crippen molar-refractivity contribution in [1.29, 1.82) is 0 Å². The maximum absolute atomic E-state index is 12.0. The number of nitrogen functional groups attached to an aromatic ring is 1. The van der Waals surface area contributed by atoms with Crippen LogP contribution in [0, 0.1) is 5.41 Å². The molecule has 0 bridgehead atoms. The Kier molecular flexibility index (Phi) is 5.58. The molecule has 0 radical (unpaired) electrons. The Morgan fingerprint density at radius 1 is 1.28 bits per heavy atom. The predicted octanol–water partition coefficient (Wildman–Crippen LogP) is 3.47. The Morgan fingerprint density at radius 3 is 2.44 bits per heavy atom. The van der Waals surface area contributed by atoms with Gasteiger partial charge in [0, 0.05) is 5.69 Å². The third-order valence-corrected chi connectivity index (χ3v) is 3.35. The molecule has 0 aliphatic rings. The summed E-state index contributed by atoms with van der Waals surface area (Å²) in [6.45, 7) is 6.29. The van der Waals surface area contributed by atoms with E-state index in [0.717, 1.165) is 0 Å². The number of hydrogen-bond donors (Lipinski definition) is 2. The van der Waals surface area contributed by atoms with Crippen LogP contribution in [0.3, 0.4) is 0 Å². The van der Waals surface area contributed by atoms with E-state index in [4.69, 9.17) is 22.1 Å². The zero-order chi connectivity index (χ0) is 18.6. The minimum Gasteiger partial charge on any atom is -0.462 e. The summed E-state index contributed by atoms with van der Waals surface area (Å²) in [7, 11) is 0. The van der Waals surface area contributed by atoms with Gasteiger partial charge in [0.25, 0.3) is 0 Å². The van der Waals surface area contributed by atoms with Crippen molar-refractivity contribution in [3.63, 3.8) is 0 Å². The van der Waals surface area contributed by atoms with Crippen molar-refractivity contribution < 1.29 is 14.3 Å². The minimum absolute atomic E-state index is 0.0140. The van der Waals surface area contributed by atoms with Crippen molar-refractivity contribution in [3.8, 4) is 0 Å². The molecule has 0 aliphatic heterocycles. The third-order valence-electron chi connectivity index (χ3n) is 3.06. The number of rotatable bonds is 5. The molecule has 2 aromatic rings. The number of nitrogens with one attached hydrogen (secondary N) is 1. The number of aldehydes is 1. The summed E-state index contributed by atoms with van der Waals surface area (Å²) < 4.78 is 5.26. The number of esters is 1. The molecule has 0 aliphatic carbocycles. The molecule has 0 saturated carbocycles. The number of aromatic nitrogens is 2. The summed E-state index contributed by atoms with van der Waals surface area (Å²) in [6, 6.07) is 6.60. The molecule has 8 heteroatoms. The number of halogens is 1. The zero-order valence-electron chi connectivity index (χ0n) is 14.2. The first-order valence-corrected chi connectivity index (χ1v) is 7.90. The quantitative estimate of drug-likeness (QED) is 0.476. The molecule has 1 aromatic heterocycles. The van der Waals surface area contributed by atoms with Gasteiger partial charge in [-0.3, -0.25) is 4.79 Å². The van der Waals surface area contributed by atoms with Gasteiger partial charge in [-0.1, -0.05) is 32.4 Å². The van der Waals surface area contributed by atoms with Crippen LogP contribution in [0.1, 0.15) is 41.5 Å². The molecule has 0 unspecified atom stereocenters. The van der Waals surface area contributed by atoms with E-state index in [2.05, 4.69) is 15.3 Å². The van der Waals surface area contributed by atoms with Gasteiger partial charge in [0.2, 0.25) is 5.95 Å². The first-order valence-electron chi connectivity index (χ1n) is 7.52. The maximum atomic E-state index is 12.0. The second-order valence-corrected chi connectivity index (χ2v) is 6.95. The van der Waals surface area contributed by atoms with Crippen LogP contribution in [-0.2, 0) is 4.74 Å². The number of anilines is 3. The van der Waals surface area contributed by atoms with Crippen molar-refractivity contribution in [1.82, 2.24) is 9.97 Å². The number of nitrogens with two attached hydrogens (primary N) is 1. The highest BCUT2D eigenvalue weighted by Gasteiger charge is 2.15. The Labute approximate surface area is 150 Å². The fourth-order valence-electron chi connectivity index (χ4n) is 1.81. The molecule has 0 saturated heterocycles. The molecule has 132 valence electrons. The van der Waals surface area contributed by atoms with Gasteiger partial charge in [0.05, 0.1) is 17.7 Å². The molecular weight excluding hydrogens is 344 g/mol. The SMILES string of the molecule is CC(C)(C)COC(=O)c1ccc(Nc2nc(N)c(C=O)c(Cl)n2)cc1. The fraction of sp³-hybridized carbons (Fsp3) is 0.294. The van der Waals surface area contributed by atoms with Crippen molar-refractivity contribution >= 4 is 41.3 Å². The lowest BCUT2D eigenvalue weighted by Crippen LogP contribution is -2.18. The standard InChI is InChI=1S/C17H19ClN4O3/c1-17(2,3)9-25-15(24)10-4-6-11(7-5-10)20-16-21-13(18)12(8-23)14(19)22-16/h4-8H,9H2,1-3H3,(H3,19,20,21,22). The molecule has 2 rings (SSSR count). The Balaban J connectivity index is 2.08. The van der Waals surface area contributed by atoms with E-state index in [1.807, 2.05) is 20.8 Å². The highest BCUT2D eigenvalue weighted by molar-refractivity contribution is 6.32. The first kappa shape index (κ1) is 18.7. The van der Waals surface area contributed by atoms with Crippen molar-refractivity contribution in [3.05, 3.63) is 40.5 Å². The lowest BCUT2D eigenvalue weighted by atomic mass is 9.99. The van der Waals surface area contributed by atoms with Gasteiger partial charge in [-0.2, -0.15) is 9.97 Å². The van der Waals surface area contributed by atoms with Gasteiger partial charge in [-0.05, 0) is 29.7 Å². The van der Waals surface area contributed by atoms with Crippen LogP contribution in [0.4, 0.5) is 17.5 Å². The summed E-state index contributed by atoms with van der Waals surface area (Å²) in [6.07, 6.45) is 0.499. The average Bonchev–Trinajstić information content (AvgIpc) is 2.52. The van der Waals surface area contributed by atoms with Crippen molar-refractivity contribution in [2.45, 2.75) is 20.8 Å². The molecule has 3 N–H and O–H groups in total. The molecule has 0 atom stereocenters. The number of benzene rings is 1. The molecule has 1 aromatic carbocycles. The summed E-state index contributed by atoms with van der Waals surface area (Å²) in [4.78, 5) is 30.7. The van der Waals surface area contributed by atoms with E-state index in [0.29, 0.717) is 24.1 Å². The first-order chi connectivity index (χ1) is 11.7. The lowest BCUT2D eigenvalue weighted by Gasteiger charge is -2.17. The van der Waals surface area contributed by atoms with Crippen LogP contribution < -0.4 is 11.1 Å². The van der Waals surface area contributed by atoms with Gasteiger partial charge < -0.3 is 15.8 Å². The fourth-order valence-corrected chi connectivity index (χ4v) is 2.03. The number of ether oxygens (including phenoxy) is 1. The summed E-state index contributed by atoms with van der Waals surface area (Å²) in [5.74, 6) is -0.253. The van der Waals surface area contributed by atoms with Gasteiger partial charge in [0.15, 0.2) is 6.29 Å². The highest BCUT2D eigenvalue weighted by Crippen LogP contribution is 2.21. The van der Waals surface area contributed by atoms with E-state index in [1.54, 1.807) is 24.3 Å². The van der Waals surface area contributed by atoms with E-state index in [9.17, 15) is 9.59 Å². The second kappa shape index (κ2) is 7.48. The van der Waals surface area contributed by atoms with Gasteiger partial charge in [-0.15, -0.1) is 0 Å². The smallest absolute Gasteiger partial charge is 0.338 e. The molecule has 7 nitrogen and oxygen atoms in total. The van der Waals surface area contributed by atoms with Crippen LogP contribution in [0.15, 0.2) is 24.3 Å². The largest absolute Gasteiger partial charge is 0.462 e. The van der Waals surface area contributed by atoms with Gasteiger partial charge in [-0.25, -0.2) is 4.79 Å². The van der Waals surface area contributed by atoms with E-state index < -0.39 is 0 Å². The topological polar surface area (TPSA) is 107 Å². The third kappa shape index (κ3) is 5.15. The predicted molar refractivity (Wildman–Crippen MR) is 96.3 cm³/mol. The molecule has 0 amide bonds. The zero-order valence-corrected chi connectivity index (χ0v) is 14.9. The van der Waals surface area contributed by atoms with Crippen LogP contribution in [0.2, 0.25) is 5.15 Å². The molecule has 1 heterocycles. The van der Waals surface area contributed by atoms with Gasteiger partial charge >= 0.3 is 5.97 Å². The molecular formula is C17H19ClN4O3. The lowest BCUT2D eigenvalue weighted by molar-refractivity contribution is 0.0367. The number of carbonyl (C=O) groups excluding carboxylic acids is 2. The number of carbonyl (C=O) groups is 2. The number of hydrogen-bond acceptors (Lipinski definition) is 7. The van der Waals surface area contributed by atoms with Crippen molar-refractivity contribution in [2.75, 3.05) is 17.7 Å². The Morgan fingerprint density at radius 2 is 1.92 bits per heavy atom. The maximum Gasteiger partial charge on any atom is 0.338 e. The molecule has 0 fully saturated rings. The summed E-state index contributed by atoms with van der Waals surface area (Å²) in [5.41, 5.74) is 6.66. The summed E-state index contributed by atoms with van der Waals surface area (Å²) >= 11 is 5.88. The van der Waals surface area contributed by atoms with Crippen LogP contribution in [-0.4, -0.2) is 28.8 Å². The van der Waals surface area contributed by atoms with Crippen LogP contribution >= 0.6 is 11.6 Å². The Bertz CT molecular complexity index is 762. The molecule has 25 heavy (non-hydrogen) atoms. The monoisotopic (exact) mass is 362 g/mol. The summed E-state index contributed by atoms with van der Waals surface area (Å²) in [5, 5.41) is 2.87. The van der Waals surface area contributed by atoms with E-state index in [-0.39, 0.29) is 33.9 Å².